The molecular weight excluding hydrogens is 554 g/mol. The van der Waals surface area contributed by atoms with Crippen LogP contribution in [0.4, 0.5) is 15.8 Å². The molecule has 3 heterocycles. The quantitative estimate of drug-likeness (QED) is 0.313. The highest BCUT2D eigenvalue weighted by Crippen LogP contribution is 2.38. The summed E-state index contributed by atoms with van der Waals surface area (Å²) in [6.07, 6.45) is -1.24. The second-order valence-electron chi connectivity index (χ2n) is 8.45. The summed E-state index contributed by atoms with van der Waals surface area (Å²) in [5.41, 5.74) is 0.494. The molecule has 0 aliphatic carbocycles. The van der Waals surface area contributed by atoms with Crippen LogP contribution in [0.3, 0.4) is 0 Å². The highest BCUT2D eigenvalue weighted by Gasteiger charge is 2.49. The molecular formula is C23H22FIN6O3. The van der Waals surface area contributed by atoms with Gasteiger partial charge in [-0.2, -0.15) is 5.10 Å². The molecule has 0 saturated carbocycles. The van der Waals surface area contributed by atoms with Gasteiger partial charge in [0.25, 0.3) is 5.56 Å². The number of fused-ring (bicyclic) bond motifs is 1. The summed E-state index contributed by atoms with van der Waals surface area (Å²) in [5.74, 6) is 0.0121. The van der Waals surface area contributed by atoms with Crippen molar-refractivity contribution in [3.05, 3.63) is 79.8 Å². The molecule has 5 rings (SSSR count). The Hall–Kier alpha value is -2.87. The molecule has 2 aromatic heterocycles. The molecule has 4 aromatic rings. The minimum absolute atomic E-state index is 0.104. The highest BCUT2D eigenvalue weighted by atomic mass is 127. The van der Waals surface area contributed by atoms with Crippen molar-refractivity contribution in [3.8, 4) is 0 Å². The normalized spacial score (nSPS) is 16.4. The van der Waals surface area contributed by atoms with Crippen LogP contribution in [-0.2, 0) is 19.7 Å². The number of nitrogens with zero attached hydrogens (tertiary/aromatic N) is 5. The smallest absolute Gasteiger partial charge is 0.268 e. The lowest BCUT2D eigenvalue weighted by molar-refractivity contribution is -0.173. The molecule has 0 bridgehead atoms. The van der Waals surface area contributed by atoms with E-state index in [0.29, 0.717) is 5.82 Å². The lowest BCUT2D eigenvalue weighted by Crippen LogP contribution is -2.61. The number of aromatic nitrogens is 4. The number of likely N-dealkylation sites (tertiary alicyclic amines) is 1. The van der Waals surface area contributed by atoms with Crippen molar-refractivity contribution in [3.63, 3.8) is 0 Å². The molecule has 1 aliphatic rings. The highest BCUT2D eigenvalue weighted by molar-refractivity contribution is 14.1. The predicted octanol–water partition coefficient (Wildman–Crippen LogP) is 2.35. The molecule has 1 fully saturated rings. The first-order valence-corrected chi connectivity index (χ1v) is 11.6. The summed E-state index contributed by atoms with van der Waals surface area (Å²) in [7, 11) is 3.31. The number of β-amino-alcohol motifs (C(OH)–C–C–N with tert-alkyl or cyclic N) is 1. The number of hydrogen-bond donors (Lipinski definition) is 3. The van der Waals surface area contributed by atoms with E-state index in [4.69, 9.17) is 0 Å². The Morgan fingerprint density at radius 3 is 2.59 bits per heavy atom. The van der Waals surface area contributed by atoms with Gasteiger partial charge in [0.05, 0.1) is 22.4 Å². The third-order valence-electron chi connectivity index (χ3n) is 6.04. The molecule has 1 saturated heterocycles. The fourth-order valence-electron chi connectivity index (χ4n) is 4.26. The van der Waals surface area contributed by atoms with Gasteiger partial charge in [-0.1, -0.05) is 12.1 Å². The SMILES string of the molecule is Cn1nc(C(O)N2CC(O)(c3nc4ccccc4n3C)C2)c(Nc2ccc(I)cc2F)cc1=O. The maximum atomic E-state index is 14.4. The van der Waals surface area contributed by atoms with Gasteiger partial charge in [0.2, 0.25) is 0 Å². The van der Waals surface area contributed by atoms with Crippen LogP contribution in [-0.4, -0.2) is 47.5 Å². The molecule has 1 aliphatic heterocycles. The average Bonchev–Trinajstić information content (AvgIpc) is 3.12. The van der Waals surface area contributed by atoms with Gasteiger partial charge in [-0.25, -0.2) is 14.1 Å². The number of aliphatic hydroxyl groups is 2. The lowest BCUT2D eigenvalue weighted by Gasteiger charge is -2.47. The average molecular weight is 576 g/mol. The molecule has 1 unspecified atom stereocenters. The number of aryl methyl sites for hydroxylation is 2. The Bertz CT molecular complexity index is 1460. The van der Waals surface area contributed by atoms with Gasteiger partial charge in [0.1, 0.15) is 22.9 Å². The van der Waals surface area contributed by atoms with Gasteiger partial charge < -0.3 is 20.1 Å². The Kier molecular flexibility index (Phi) is 5.67. The van der Waals surface area contributed by atoms with E-state index in [1.54, 1.807) is 17.0 Å². The van der Waals surface area contributed by atoms with E-state index < -0.39 is 23.2 Å². The number of benzene rings is 2. The Morgan fingerprint density at radius 1 is 1.15 bits per heavy atom. The number of imidazole rings is 1. The van der Waals surface area contributed by atoms with Crippen LogP contribution in [0, 0.1) is 9.39 Å². The van der Waals surface area contributed by atoms with Crippen LogP contribution in [0.15, 0.2) is 53.3 Å². The first kappa shape index (κ1) is 22.9. The minimum atomic E-state index is -1.26. The first-order chi connectivity index (χ1) is 16.2. The van der Waals surface area contributed by atoms with E-state index in [9.17, 15) is 19.4 Å². The standard InChI is InChI=1S/C23H22FIN6O3/c1-29-18-6-4-3-5-16(18)27-22(29)23(34)11-31(12-23)21(33)20-17(10-19(32)30(2)28-20)26-15-8-7-13(25)9-14(15)24/h3-10,21,26,33-34H,11-12H2,1-2H3. The number of para-hydroxylation sites is 2. The van der Waals surface area contributed by atoms with Gasteiger partial charge in [0, 0.05) is 36.8 Å². The summed E-state index contributed by atoms with van der Waals surface area (Å²) in [5, 5.41) is 29.4. The summed E-state index contributed by atoms with van der Waals surface area (Å²) >= 11 is 2.01. The summed E-state index contributed by atoms with van der Waals surface area (Å²) < 4.78 is 18.1. The van der Waals surface area contributed by atoms with Crippen LogP contribution in [0.5, 0.6) is 0 Å². The largest absolute Gasteiger partial charge is 0.379 e. The van der Waals surface area contributed by atoms with E-state index >= 15 is 0 Å². The maximum absolute atomic E-state index is 14.4. The van der Waals surface area contributed by atoms with E-state index in [1.807, 2.05) is 58.5 Å². The molecule has 3 N–H and O–H groups in total. The zero-order chi connectivity index (χ0) is 24.2. The Labute approximate surface area is 207 Å². The molecule has 1 atom stereocenters. The Morgan fingerprint density at radius 2 is 1.88 bits per heavy atom. The third kappa shape index (κ3) is 3.87. The molecule has 0 spiro atoms. The van der Waals surface area contributed by atoms with Gasteiger partial charge in [0.15, 0.2) is 6.23 Å². The van der Waals surface area contributed by atoms with Crippen LogP contribution in [0.25, 0.3) is 11.0 Å². The van der Waals surface area contributed by atoms with Crippen LogP contribution < -0.4 is 10.9 Å². The van der Waals surface area contributed by atoms with Crippen molar-refractivity contribution in [1.29, 1.82) is 0 Å². The predicted molar refractivity (Wildman–Crippen MR) is 133 cm³/mol. The minimum Gasteiger partial charge on any atom is -0.379 e. The van der Waals surface area contributed by atoms with Crippen molar-refractivity contribution < 1.29 is 14.6 Å². The zero-order valence-electron chi connectivity index (χ0n) is 18.4. The van der Waals surface area contributed by atoms with Crippen molar-refractivity contribution >= 4 is 45.0 Å². The number of aliphatic hydroxyl groups excluding tert-OH is 1. The first-order valence-electron chi connectivity index (χ1n) is 10.5. The van der Waals surface area contributed by atoms with E-state index in [1.165, 1.54) is 19.2 Å². The zero-order valence-corrected chi connectivity index (χ0v) is 20.6. The van der Waals surface area contributed by atoms with Gasteiger partial charge in [-0.05, 0) is 52.9 Å². The monoisotopic (exact) mass is 576 g/mol. The van der Waals surface area contributed by atoms with Gasteiger partial charge in [-0.3, -0.25) is 9.69 Å². The molecule has 34 heavy (non-hydrogen) atoms. The summed E-state index contributed by atoms with van der Waals surface area (Å²) in [6, 6.07) is 13.5. The second-order valence-corrected chi connectivity index (χ2v) is 9.69. The number of rotatable bonds is 5. The van der Waals surface area contributed by atoms with Crippen LogP contribution in [0.2, 0.25) is 0 Å². The van der Waals surface area contributed by atoms with Crippen molar-refractivity contribution in [1.82, 2.24) is 24.2 Å². The summed E-state index contributed by atoms with van der Waals surface area (Å²) in [4.78, 5) is 18.4. The molecule has 2 aromatic carbocycles. The molecule has 9 nitrogen and oxygen atoms in total. The number of hydrogen-bond acceptors (Lipinski definition) is 7. The van der Waals surface area contributed by atoms with E-state index in [0.717, 1.165) is 19.3 Å². The number of nitrogens with one attached hydrogen (secondary N) is 1. The third-order valence-corrected chi connectivity index (χ3v) is 6.72. The molecule has 0 radical (unpaired) electrons. The fraction of sp³-hybridized carbons (Fsp3) is 0.261. The van der Waals surface area contributed by atoms with Crippen LogP contribution >= 0.6 is 22.6 Å². The maximum Gasteiger partial charge on any atom is 0.268 e. The lowest BCUT2D eigenvalue weighted by atomic mass is 9.92. The van der Waals surface area contributed by atoms with E-state index in [-0.39, 0.29) is 30.2 Å². The molecule has 176 valence electrons. The summed E-state index contributed by atoms with van der Waals surface area (Å²) in [6.45, 7) is 0.209. The number of anilines is 2. The Balaban J connectivity index is 1.43. The van der Waals surface area contributed by atoms with Gasteiger partial charge in [-0.15, -0.1) is 0 Å². The van der Waals surface area contributed by atoms with Crippen molar-refractivity contribution in [2.24, 2.45) is 14.1 Å². The van der Waals surface area contributed by atoms with Crippen molar-refractivity contribution in [2.75, 3.05) is 18.4 Å². The second kappa shape index (κ2) is 8.41. The molecule has 11 heteroatoms. The number of halogens is 2. The van der Waals surface area contributed by atoms with Crippen LogP contribution in [0.1, 0.15) is 17.7 Å². The molecule has 0 amide bonds. The topological polar surface area (TPSA) is 108 Å². The van der Waals surface area contributed by atoms with E-state index in [2.05, 4.69) is 15.4 Å². The van der Waals surface area contributed by atoms with Gasteiger partial charge >= 0.3 is 0 Å². The van der Waals surface area contributed by atoms with Crippen molar-refractivity contribution in [2.45, 2.75) is 11.8 Å². The fourth-order valence-corrected chi connectivity index (χ4v) is 4.71.